The van der Waals surface area contributed by atoms with Crippen molar-refractivity contribution in [2.45, 2.75) is 0 Å². The van der Waals surface area contributed by atoms with Crippen LogP contribution in [0, 0.1) is 0 Å². The first kappa shape index (κ1) is 7.98. The minimum Gasteiger partial charge on any atom is -0.313 e. The number of Topliss-reactive ketones (excluding diaryl/α,β-unsaturated/α-hetero) is 1. The van der Waals surface area contributed by atoms with Crippen LogP contribution in [0.15, 0.2) is 0 Å². The van der Waals surface area contributed by atoms with Crippen LogP contribution < -0.4 is 5.32 Å². The van der Waals surface area contributed by atoms with E-state index in [9.17, 15) is 4.79 Å². The fourth-order valence-corrected chi connectivity index (χ4v) is 0.833. The SMILES string of the molecule is CNCC(=O)CSC. The van der Waals surface area contributed by atoms with E-state index in [4.69, 9.17) is 0 Å². The molecule has 0 aromatic carbocycles. The normalized spacial score (nSPS) is 9.25. The molecule has 0 aliphatic rings. The van der Waals surface area contributed by atoms with Crippen LogP contribution in [0.5, 0.6) is 0 Å². The maximum Gasteiger partial charge on any atom is 0.156 e. The van der Waals surface area contributed by atoms with Crippen LogP contribution in [-0.4, -0.2) is 31.4 Å². The van der Waals surface area contributed by atoms with Gasteiger partial charge in [-0.15, -0.1) is 0 Å². The molecule has 0 saturated carbocycles. The Labute approximate surface area is 54.0 Å². The Balaban J connectivity index is 3.06. The van der Waals surface area contributed by atoms with Gasteiger partial charge in [0.05, 0.1) is 12.3 Å². The monoisotopic (exact) mass is 133 g/mol. The lowest BCUT2D eigenvalue weighted by Crippen LogP contribution is -2.19. The number of hydrogen-bond donors (Lipinski definition) is 1. The van der Waals surface area contributed by atoms with Gasteiger partial charge in [-0.1, -0.05) is 0 Å². The lowest BCUT2D eigenvalue weighted by molar-refractivity contribution is -0.115. The number of nitrogens with one attached hydrogen (secondary N) is 1. The van der Waals surface area contributed by atoms with Gasteiger partial charge in [0.2, 0.25) is 0 Å². The van der Waals surface area contributed by atoms with Crippen molar-refractivity contribution in [3.8, 4) is 0 Å². The molecule has 0 amide bonds. The molecule has 3 heteroatoms. The van der Waals surface area contributed by atoms with Crippen LogP contribution in [0.3, 0.4) is 0 Å². The molecule has 1 N–H and O–H groups in total. The molecule has 0 bridgehead atoms. The van der Waals surface area contributed by atoms with Crippen molar-refractivity contribution >= 4 is 17.5 Å². The Kier molecular flexibility index (Phi) is 5.11. The number of likely N-dealkylation sites (N-methyl/N-ethyl adjacent to an activating group) is 1. The Morgan fingerprint density at radius 1 is 1.75 bits per heavy atom. The van der Waals surface area contributed by atoms with Crippen LogP contribution in [-0.2, 0) is 4.79 Å². The van der Waals surface area contributed by atoms with Gasteiger partial charge in [-0.25, -0.2) is 0 Å². The Hall–Kier alpha value is -0.0200. The molecule has 0 aromatic rings. The first-order chi connectivity index (χ1) is 3.81. The van der Waals surface area contributed by atoms with Crippen molar-refractivity contribution in [3.05, 3.63) is 0 Å². The standard InChI is InChI=1S/C5H11NOS/c1-6-3-5(7)4-8-2/h6H,3-4H2,1-2H3. The predicted octanol–water partition coefficient (Wildman–Crippen LogP) is 0.138. The third-order valence-electron chi connectivity index (χ3n) is 0.679. The van der Waals surface area contributed by atoms with Gasteiger partial charge in [-0.05, 0) is 13.3 Å². The summed E-state index contributed by atoms with van der Waals surface area (Å²) in [5.41, 5.74) is 0. The van der Waals surface area contributed by atoms with Gasteiger partial charge in [0, 0.05) is 0 Å². The van der Waals surface area contributed by atoms with E-state index in [2.05, 4.69) is 5.32 Å². The molecular formula is C5H11NOS. The van der Waals surface area contributed by atoms with E-state index >= 15 is 0 Å². The van der Waals surface area contributed by atoms with Crippen molar-refractivity contribution in [1.82, 2.24) is 5.32 Å². The van der Waals surface area contributed by atoms with E-state index in [0.29, 0.717) is 12.3 Å². The molecule has 0 spiro atoms. The van der Waals surface area contributed by atoms with E-state index in [1.165, 1.54) is 0 Å². The largest absolute Gasteiger partial charge is 0.313 e. The summed E-state index contributed by atoms with van der Waals surface area (Å²) in [5, 5.41) is 2.79. The third-order valence-corrected chi connectivity index (χ3v) is 1.29. The molecule has 0 radical (unpaired) electrons. The lowest BCUT2D eigenvalue weighted by Gasteiger charge is -1.93. The van der Waals surface area contributed by atoms with Crippen molar-refractivity contribution in [1.29, 1.82) is 0 Å². The van der Waals surface area contributed by atoms with Gasteiger partial charge in [0.25, 0.3) is 0 Å². The molecule has 0 saturated heterocycles. The smallest absolute Gasteiger partial charge is 0.156 e. The summed E-state index contributed by atoms with van der Waals surface area (Å²) in [5.74, 6) is 0.890. The average molecular weight is 133 g/mol. The molecule has 0 atom stereocenters. The Morgan fingerprint density at radius 2 is 2.38 bits per heavy atom. The van der Waals surface area contributed by atoms with E-state index in [0.717, 1.165) is 0 Å². The molecule has 0 unspecified atom stereocenters. The molecule has 0 heterocycles. The van der Waals surface area contributed by atoms with Gasteiger partial charge in [0.15, 0.2) is 5.78 Å². The summed E-state index contributed by atoms with van der Waals surface area (Å²) in [6.45, 7) is 0.501. The summed E-state index contributed by atoms with van der Waals surface area (Å²) in [7, 11) is 1.78. The Bertz CT molecular complexity index is 66.8. The summed E-state index contributed by atoms with van der Waals surface area (Å²) < 4.78 is 0. The van der Waals surface area contributed by atoms with Gasteiger partial charge in [-0.2, -0.15) is 11.8 Å². The molecule has 48 valence electrons. The minimum atomic E-state index is 0.264. The van der Waals surface area contributed by atoms with Crippen LogP contribution >= 0.6 is 11.8 Å². The highest BCUT2D eigenvalue weighted by Crippen LogP contribution is 1.89. The van der Waals surface area contributed by atoms with Gasteiger partial charge in [-0.3, -0.25) is 4.79 Å². The zero-order valence-electron chi connectivity index (χ0n) is 5.23. The predicted molar refractivity (Wildman–Crippen MR) is 37.3 cm³/mol. The number of ketones is 1. The van der Waals surface area contributed by atoms with E-state index < -0.39 is 0 Å². The highest BCUT2D eigenvalue weighted by molar-refractivity contribution is 7.99. The second-order valence-corrected chi connectivity index (χ2v) is 2.37. The molecule has 0 fully saturated rings. The number of rotatable bonds is 4. The quantitative estimate of drug-likeness (QED) is 0.591. The zero-order valence-corrected chi connectivity index (χ0v) is 6.05. The number of carbonyl (C=O) groups is 1. The van der Waals surface area contributed by atoms with Crippen LogP contribution in [0.1, 0.15) is 0 Å². The summed E-state index contributed by atoms with van der Waals surface area (Å²) >= 11 is 1.56. The number of thioether (sulfide) groups is 1. The highest BCUT2D eigenvalue weighted by Gasteiger charge is 1.94. The maximum atomic E-state index is 10.6. The molecule has 8 heavy (non-hydrogen) atoms. The van der Waals surface area contributed by atoms with E-state index in [1.807, 2.05) is 6.26 Å². The summed E-state index contributed by atoms with van der Waals surface area (Å²) in [6.07, 6.45) is 1.92. The van der Waals surface area contributed by atoms with E-state index in [1.54, 1.807) is 18.8 Å². The molecular weight excluding hydrogens is 122 g/mol. The molecule has 0 aromatic heterocycles. The fraction of sp³-hybridized carbons (Fsp3) is 0.800. The number of hydrogen-bond acceptors (Lipinski definition) is 3. The van der Waals surface area contributed by atoms with Gasteiger partial charge >= 0.3 is 0 Å². The number of carbonyl (C=O) groups excluding carboxylic acids is 1. The highest BCUT2D eigenvalue weighted by atomic mass is 32.2. The third kappa shape index (κ3) is 4.15. The fourth-order valence-electron chi connectivity index (χ4n) is 0.409. The van der Waals surface area contributed by atoms with Gasteiger partial charge < -0.3 is 5.32 Å². The molecule has 0 aliphatic heterocycles. The molecule has 0 rings (SSSR count). The van der Waals surface area contributed by atoms with Crippen LogP contribution in [0.4, 0.5) is 0 Å². The van der Waals surface area contributed by atoms with Crippen LogP contribution in [0.25, 0.3) is 0 Å². The molecule has 2 nitrogen and oxygen atoms in total. The van der Waals surface area contributed by atoms with Crippen molar-refractivity contribution in [3.63, 3.8) is 0 Å². The first-order valence-electron chi connectivity index (χ1n) is 2.46. The Morgan fingerprint density at radius 3 is 2.75 bits per heavy atom. The van der Waals surface area contributed by atoms with Gasteiger partial charge in [0.1, 0.15) is 0 Å². The van der Waals surface area contributed by atoms with E-state index in [-0.39, 0.29) is 5.78 Å². The van der Waals surface area contributed by atoms with Crippen molar-refractivity contribution < 1.29 is 4.79 Å². The first-order valence-corrected chi connectivity index (χ1v) is 3.86. The lowest BCUT2D eigenvalue weighted by atomic mass is 10.4. The second kappa shape index (κ2) is 5.12. The summed E-state index contributed by atoms with van der Waals surface area (Å²) in [4.78, 5) is 10.6. The topological polar surface area (TPSA) is 29.1 Å². The minimum absolute atomic E-state index is 0.264. The van der Waals surface area contributed by atoms with Crippen molar-refractivity contribution in [2.24, 2.45) is 0 Å². The maximum absolute atomic E-state index is 10.6. The molecule has 0 aliphatic carbocycles. The second-order valence-electron chi connectivity index (χ2n) is 1.50. The van der Waals surface area contributed by atoms with Crippen molar-refractivity contribution in [2.75, 3.05) is 25.6 Å². The van der Waals surface area contributed by atoms with Crippen LogP contribution in [0.2, 0.25) is 0 Å². The average Bonchev–Trinajstić information content (AvgIpc) is 1.68. The zero-order chi connectivity index (χ0) is 6.41. The summed E-state index contributed by atoms with van der Waals surface area (Å²) in [6, 6.07) is 0.